The highest BCUT2D eigenvalue weighted by Crippen LogP contribution is 2.30. The van der Waals surface area contributed by atoms with E-state index in [1.54, 1.807) is 12.3 Å². The molecule has 0 saturated heterocycles. The zero-order valence-corrected chi connectivity index (χ0v) is 13.6. The smallest absolute Gasteiger partial charge is 0.141 e. The van der Waals surface area contributed by atoms with Gasteiger partial charge in [-0.2, -0.15) is 0 Å². The standard InChI is InChI=1S/C16H18BrN3O/c1-10(2)13-8-12(17)3-4-15(13)21-9-11-5-6-20-14(7-11)16(18)19/h3-8,10H,9H2,1-2H3,(H3,18,19). The summed E-state index contributed by atoms with van der Waals surface area (Å²) in [6.45, 7) is 4.69. The third-order valence-electron chi connectivity index (χ3n) is 3.09. The van der Waals surface area contributed by atoms with Crippen molar-refractivity contribution < 1.29 is 4.74 Å². The molecule has 0 unspecified atom stereocenters. The number of nitrogens with zero attached hydrogens (tertiary/aromatic N) is 1. The van der Waals surface area contributed by atoms with E-state index in [9.17, 15) is 0 Å². The van der Waals surface area contributed by atoms with Gasteiger partial charge in [-0.3, -0.25) is 10.4 Å². The number of benzene rings is 1. The summed E-state index contributed by atoms with van der Waals surface area (Å²) in [5, 5.41) is 7.41. The van der Waals surface area contributed by atoms with Gasteiger partial charge in [-0.1, -0.05) is 29.8 Å². The van der Waals surface area contributed by atoms with E-state index in [0.717, 1.165) is 21.3 Å². The fourth-order valence-corrected chi connectivity index (χ4v) is 2.35. The van der Waals surface area contributed by atoms with Crippen molar-refractivity contribution in [2.75, 3.05) is 0 Å². The number of ether oxygens (including phenoxy) is 1. The van der Waals surface area contributed by atoms with Gasteiger partial charge in [0.25, 0.3) is 0 Å². The minimum absolute atomic E-state index is 0.0386. The topological polar surface area (TPSA) is 72.0 Å². The Kier molecular flexibility index (Phi) is 4.96. The Hall–Kier alpha value is -1.88. The number of halogens is 1. The SMILES string of the molecule is CC(C)c1cc(Br)ccc1OCc1ccnc(C(=N)N)c1. The van der Waals surface area contributed by atoms with E-state index in [-0.39, 0.29) is 5.84 Å². The van der Waals surface area contributed by atoms with Crippen molar-refractivity contribution in [3.8, 4) is 5.75 Å². The van der Waals surface area contributed by atoms with Gasteiger partial charge in [-0.15, -0.1) is 0 Å². The molecule has 110 valence electrons. The highest BCUT2D eigenvalue weighted by molar-refractivity contribution is 9.10. The summed E-state index contributed by atoms with van der Waals surface area (Å²) >= 11 is 3.48. The fourth-order valence-electron chi connectivity index (χ4n) is 1.97. The molecule has 0 aliphatic heterocycles. The number of nitrogens with one attached hydrogen (secondary N) is 1. The highest BCUT2D eigenvalue weighted by atomic mass is 79.9. The van der Waals surface area contributed by atoms with Crippen LogP contribution < -0.4 is 10.5 Å². The van der Waals surface area contributed by atoms with Gasteiger partial charge in [0, 0.05) is 10.7 Å². The maximum atomic E-state index is 7.41. The van der Waals surface area contributed by atoms with Gasteiger partial charge in [-0.05, 0) is 47.4 Å². The Morgan fingerprint density at radius 3 is 2.76 bits per heavy atom. The van der Waals surface area contributed by atoms with Crippen LogP contribution in [0.25, 0.3) is 0 Å². The van der Waals surface area contributed by atoms with Crippen LogP contribution in [0.2, 0.25) is 0 Å². The third-order valence-corrected chi connectivity index (χ3v) is 3.58. The molecule has 0 atom stereocenters. The van der Waals surface area contributed by atoms with E-state index in [1.807, 2.05) is 18.2 Å². The first-order valence-electron chi connectivity index (χ1n) is 6.69. The Morgan fingerprint density at radius 1 is 1.33 bits per heavy atom. The first-order valence-corrected chi connectivity index (χ1v) is 7.48. The lowest BCUT2D eigenvalue weighted by Crippen LogP contribution is -2.13. The van der Waals surface area contributed by atoms with Crippen LogP contribution in [0.15, 0.2) is 41.0 Å². The van der Waals surface area contributed by atoms with Crippen molar-refractivity contribution in [1.29, 1.82) is 5.41 Å². The van der Waals surface area contributed by atoms with Crippen molar-refractivity contribution in [2.45, 2.75) is 26.4 Å². The second-order valence-electron chi connectivity index (χ2n) is 5.09. The molecule has 1 aromatic heterocycles. The first-order chi connectivity index (χ1) is 9.97. The molecule has 4 nitrogen and oxygen atoms in total. The number of pyridine rings is 1. The second kappa shape index (κ2) is 6.72. The summed E-state index contributed by atoms with van der Waals surface area (Å²) in [4.78, 5) is 4.04. The van der Waals surface area contributed by atoms with Gasteiger partial charge in [0.05, 0.1) is 0 Å². The second-order valence-corrected chi connectivity index (χ2v) is 6.00. The first kappa shape index (κ1) is 15.5. The van der Waals surface area contributed by atoms with E-state index < -0.39 is 0 Å². The molecule has 0 saturated carbocycles. The maximum absolute atomic E-state index is 7.41. The molecule has 0 aliphatic carbocycles. The largest absolute Gasteiger partial charge is 0.489 e. The number of nitrogens with two attached hydrogens (primary N) is 1. The molecule has 0 spiro atoms. The zero-order chi connectivity index (χ0) is 15.4. The Labute approximate surface area is 133 Å². The van der Waals surface area contributed by atoms with Crippen LogP contribution in [0, 0.1) is 5.41 Å². The Morgan fingerprint density at radius 2 is 2.10 bits per heavy atom. The molecule has 2 rings (SSSR count). The fraction of sp³-hybridized carbons (Fsp3) is 0.250. The maximum Gasteiger partial charge on any atom is 0.141 e. The van der Waals surface area contributed by atoms with E-state index in [2.05, 4.69) is 40.8 Å². The monoisotopic (exact) mass is 347 g/mol. The van der Waals surface area contributed by atoms with Gasteiger partial charge in [0.15, 0.2) is 0 Å². The zero-order valence-electron chi connectivity index (χ0n) is 12.1. The summed E-state index contributed by atoms with van der Waals surface area (Å²) in [6, 6.07) is 9.64. The molecule has 0 bridgehead atoms. The Balaban J connectivity index is 2.16. The molecule has 1 aromatic carbocycles. The molecule has 1 heterocycles. The molecule has 0 fully saturated rings. The molecule has 5 heteroatoms. The van der Waals surface area contributed by atoms with Crippen LogP contribution >= 0.6 is 15.9 Å². The van der Waals surface area contributed by atoms with Crippen molar-refractivity contribution in [3.63, 3.8) is 0 Å². The number of rotatable bonds is 5. The molecule has 0 aliphatic rings. The van der Waals surface area contributed by atoms with Gasteiger partial charge in [0.2, 0.25) is 0 Å². The highest BCUT2D eigenvalue weighted by Gasteiger charge is 2.09. The van der Waals surface area contributed by atoms with Crippen LogP contribution in [-0.4, -0.2) is 10.8 Å². The number of hydrogen-bond acceptors (Lipinski definition) is 3. The summed E-state index contributed by atoms with van der Waals surface area (Å²) in [5.74, 6) is 1.21. The van der Waals surface area contributed by atoms with Gasteiger partial charge < -0.3 is 10.5 Å². The van der Waals surface area contributed by atoms with Gasteiger partial charge in [0.1, 0.15) is 23.9 Å². The molecule has 3 N–H and O–H groups in total. The quantitative estimate of drug-likeness (QED) is 0.637. The summed E-state index contributed by atoms with van der Waals surface area (Å²) in [7, 11) is 0. The van der Waals surface area contributed by atoms with Crippen LogP contribution in [0.4, 0.5) is 0 Å². The lowest BCUT2D eigenvalue weighted by molar-refractivity contribution is 0.301. The predicted molar refractivity (Wildman–Crippen MR) is 87.8 cm³/mol. The molecule has 2 aromatic rings. The number of nitrogen functional groups attached to an aromatic ring is 1. The lowest BCUT2D eigenvalue weighted by Gasteiger charge is -2.14. The summed E-state index contributed by atoms with van der Waals surface area (Å²) < 4.78 is 6.96. The van der Waals surface area contributed by atoms with Crippen molar-refractivity contribution >= 4 is 21.8 Å². The summed E-state index contributed by atoms with van der Waals surface area (Å²) in [5.41, 5.74) is 8.01. The molecule has 21 heavy (non-hydrogen) atoms. The van der Waals surface area contributed by atoms with Crippen molar-refractivity contribution in [1.82, 2.24) is 4.98 Å². The third kappa shape index (κ3) is 4.04. The van der Waals surface area contributed by atoms with Crippen LogP contribution in [-0.2, 0) is 6.61 Å². The van der Waals surface area contributed by atoms with E-state index in [0.29, 0.717) is 18.2 Å². The number of hydrogen-bond donors (Lipinski definition) is 2. The average molecular weight is 348 g/mol. The average Bonchev–Trinajstić information content (AvgIpc) is 2.46. The van der Waals surface area contributed by atoms with Crippen LogP contribution in [0.5, 0.6) is 5.75 Å². The molecule has 0 radical (unpaired) electrons. The van der Waals surface area contributed by atoms with Crippen LogP contribution in [0.1, 0.15) is 36.6 Å². The minimum atomic E-state index is -0.0386. The van der Waals surface area contributed by atoms with Crippen LogP contribution in [0.3, 0.4) is 0 Å². The molecule has 0 amide bonds. The van der Waals surface area contributed by atoms with E-state index >= 15 is 0 Å². The van der Waals surface area contributed by atoms with Gasteiger partial charge >= 0.3 is 0 Å². The predicted octanol–water partition coefficient (Wildman–Crippen LogP) is 3.83. The number of aromatic nitrogens is 1. The van der Waals surface area contributed by atoms with E-state index in [1.165, 1.54) is 0 Å². The number of amidine groups is 1. The summed E-state index contributed by atoms with van der Waals surface area (Å²) in [6.07, 6.45) is 1.64. The minimum Gasteiger partial charge on any atom is -0.489 e. The van der Waals surface area contributed by atoms with Crippen molar-refractivity contribution in [3.05, 3.63) is 57.8 Å². The van der Waals surface area contributed by atoms with E-state index in [4.69, 9.17) is 15.9 Å². The lowest BCUT2D eigenvalue weighted by atomic mass is 10.0. The molecular formula is C16H18BrN3O. The van der Waals surface area contributed by atoms with Gasteiger partial charge in [-0.25, -0.2) is 0 Å². The Bertz CT molecular complexity index is 656. The normalized spacial score (nSPS) is 10.7. The molecular weight excluding hydrogens is 330 g/mol. The van der Waals surface area contributed by atoms with Crippen molar-refractivity contribution in [2.24, 2.45) is 5.73 Å².